The number of halogens is 1. The van der Waals surface area contributed by atoms with Crippen molar-refractivity contribution in [1.82, 2.24) is 14.7 Å². The van der Waals surface area contributed by atoms with Crippen molar-refractivity contribution < 1.29 is 4.79 Å². The van der Waals surface area contributed by atoms with Gasteiger partial charge in [0.2, 0.25) is 0 Å². The Balaban J connectivity index is 1.46. The Morgan fingerprint density at radius 1 is 1.00 bits per heavy atom. The van der Waals surface area contributed by atoms with Crippen LogP contribution < -0.4 is 4.90 Å². The van der Waals surface area contributed by atoms with Gasteiger partial charge in [0.1, 0.15) is 0 Å². The molecule has 1 aliphatic heterocycles. The summed E-state index contributed by atoms with van der Waals surface area (Å²) in [4.78, 5) is 17.3. The van der Waals surface area contributed by atoms with E-state index in [0.29, 0.717) is 17.1 Å². The number of amides is 1. The maximum absolute atomic E-state index is 13.0. The number of para-hydroxylation sites is 1. The maximum atomic E-state index is 13.0. The molecule has 0 aliphatic carbocycles. The zero-order valence-electron chi connectivity index (χ0n) is 15.9. The van der Waals surface area contributed by atoms with Gasteiger partial charge in [-0.2, -0.15) is 5.10 Å². The second kappa shape index (κ2) is 8.07. The van der Waals surface area contributed by atoms with Crippen molar-refractivity contribution in [3.05, 3.63) is 77.1 Å². The third kappa shape index (κ3) is 3.90. The highest BCUT2D eigenvalue weighted by Crippen LogP contribution is 2.21. The summed E-state index contributed by atoms with van der Waals surface area (Å²) in [6.07, 6.45) is 4.32. The predicted molar refractivity (Wildman–Crippen MR) is 112 cm³/mol. The van der Waals surface area contributed by atoms with Crippen LogP contribution >= 0.6 is 11.6 Å². The molecule has 0 spiro atoms. The molecule has 0 N–H and O–H groups in total. The minimum absolute atomic E-state index is 0.0176. The molecule has 0 unspecified atom stereocenters. The van der Waals surface area contributed by atoms with Gasteiger partial charge in [-0.15, -0.1) is 0 Å². The maximum Gasteiger partial charge on any atom is 0.257 e. The first-order chi connectivity index (χ1) is 13.6. The molecule has 0 saturated carbocycles. The molecule has 2 aromatic carbocycles. The van der Waals surface area contributed by atoms with Crippen molar-refractivity contribution in [3.8, 4) is 5.69 Å². The standard InChI is InChI=1S/C22H23ClN4O/c1-17-7-9-19(10-8-17)25-11-4-12-26(14-13-25)22(28)18-15-24-27(16-18)21-6-3-2-5-20(21)23/h2-3,5-10,15-16H,4,11-14H2,1H3. The van der Waals surface area contributed by atoms with Crippen LogP contribution in [0.1, 0.15) is 22.3 Å². The molecule has 4 rings (SSSR count). The molecule has 0 atom stereocenters. The molecular weight excluding hydrogens is 372 g/mol. The third-order valence-corrected chi connectivity index (χ3v) is 5.43. The summed E-state index contributed by atoms with van der Waals surface area (Å²) in [5, 5.41) is 4.94. The van der Waals surface area contributed by atoms with Crippen molar-refractivity contribution in [3.63, 3.8) is 0 Å². The molecule has 144 valence electrons. The summed E-state index contributed by atoms with van der Waals surface area (Å²) in [5.41, 5.74) is 3.82. The SMILES string of the molecule is Cc1ccc(N2CCCN(C(=O)c3cnn(-c4ccccc4Cl)c3)CC2)cc1. The van der Waals surface area contributed by atoms with Crippen LogP contribution in [0.5, 0.6) is 0 Å². The lowest BCUT2D eigenvalue weighted by molar-refractivity contribution is 0.0767. The summed E-state index contributed by atoms with van der Waals surface area (Å²) in [7, 11) is 0. The summed E-state index contributed by atoms with van der Waals surface area (Å²) in [5.74, 6) is 0.0176. The van der Waals surface area contributed by atoms with Gasteiger partial charge in [0.15, 0.2) is 0 Å². The Labute approximate surface area is 170 Å². The highest BCUT2D eigenvalue weighted by atomic mass is 35.5. The van der Waals surface area contributed by atoms with Crippen molar-refractivity contribution in [2.75, 3.05) is 31.1 Å². The number of hydrogen-bond acceptors (Lipinski definition) is 3. The van der Waals surface area contributed by atoms with Crippen LogP contribution in [0.2, 0.25) is 5.02 Å². The highest BCUT2D eigenvalue weighted by molar-refractivity contribution is 6.32. The quantitative estimate of drug-likeness (QED) is 0.669. The number of aromatic nitrogens is 2. The van der Waals surface area contributed by atoms with Gasteiger partial charge in [-0.05, 0) is 37.6 Å². The van der Waals surface area contributed by atoms with Crippen LogP contribution in [0.25, 0.3) is 5.69 Å². The van der Waals surface area contributed by atoms with Gasteiger partial charge >= 0.3 is 0 Å². The fraction of sp³-hybridized carbons (Fsp3) is 0.273. The number of hydrogen-bond donors (Lipinski definition) is 0. The van der Waals surface area contributed by atoms with E-state index in [9.17, 15) is 4.79 Å². The Morgan fingerprint density at radius 3 is 2.57 bits per heavy atom. The molecule has 1 aromatic heterocycles. The van der Waals surface area contributed by atoms with E-state index in [4.69, 9.17) is 11.6 Å². The van der Waals surface area contributed by atoms with E-state index in [1.807, 2.05) is 29.2 Å². The fourth-order valence-electron chi connectivity index (χ4n) is 3.52. The zero-order chi connectivity index (χ0) is 19.5. The van der Waals surface area contributed by atoms with Gasteiger partial charge in [0.05, 0.1) is 22.5 Å². The van der Waals surface area contributed by atoms with Crippen molar-refractivity contribution in [2.24, 2.45) is 0 Å². The van der Waals surface area contributed by atoms with Gasteiger partial charge in [0, 0.05) is 38.1 Å². The van der Waals surface area contributed by atoms with Crippen LogP contribution in [-0.4, -0.2) is 46.8 Å². The van der Waals surface area contributed by atoms with E-state index >= 15 is 0 Å². The summed E-state index contributed by atoms with van der Waals surface area (Å²) in [6.45, 7) is 5.32. The van der Waals surface area contributed by atoms with Crippen molar-refractivity contribution in [1.29, 1.82) is 0 Å². The topological polar surface area (TPSA) is 41.4 Å². The average Bonchev–Trinajstić information content (AvgIpc) is 3.06. The number of anilines is 1. The number of rotatable bonds is 3. The van der Waals surface area contributed by atoms with Gasteiger partial charge in [0.25, 0.3) is 5.91 Å². The highest BCUT2D eigenvalue weighted by Gasteiger charge is 2.22. The number of benzene rings is 2. The average molecular weight is 395 g/mol. The van der Waals surface area contributed by atoms with E-state index in [2.05, 4.69) is 41.2 Å². The Morgan fingerprint density at radius 2 is 1.79 bits per heavy atom. The smallest absolute Gasteiger partial charge is 0.257 e. The first-order valence-corrected chi connectivity index (χ1v) is 9.90. The molecule has 1 amide bonds. The van der Waals surface area contributed by atoms with E-state index < -0.39 is 0 Å². The van der Waals surface area contributed by atoms with Gasteiger partial charge in [-0.3, -0.25) is 4.79 Å². The number of carbonyl (C=O) groups excluding carboxylic acids is 1. The van der Waals surface area contributed by atoms with Crippen LogP contribution in [0.4, 0.5) is 5.69 Å². The zero-order valence-corrected chi connectivity index (χ0v) is 16.6. The van der Waals surface area contributed by atoms with Crippen LogP contribution in [-0.2, 0) is 0 Å². The largest absolute Gasteiger partial charge is 0.370 e. The van der Waals surface area contributed by atoms with Gasteiger partial charge < -0.3 is 9.80 Å². The van der Waals surface area contributed by atoms with Crippen LogP contribution in [0, 0.1) is 6.92 Å². The van der Waals surface area contributed by atoms with E-state index in [1.165, 1.54) is 11.3 Å². The minimum Gasteiger partial charge on any atom is -0.370 e. The first-order valence-electron chi connectivity index (χ1n) is 9.52. The lowest BCUT2D eigenvalue weighted by atomic mass is 10.2. The number of carbonyl (C=O) groups is 1. The number of aryl methyl sites for hydroxylation is 1. The summed E-state index contributed by atoms with van der Waals surface area (Å²) in [6, 6.07) is 16.0. The molecule has 28 heavy (non-hydrogen) atoms. The van der Waals surface area contributed by atoms with E-state index in [-0.39, 0.29) is 5.91 Å². The molecule has 5 nitrogen and oxygen atoms in total. The molecule has 2 heterocycles. The molecular formula is C22H23ClN4O. The third-order valence-electron chi connectivity index (χ3n) is 5.11. The van der Waals surface area contributed by atoms with Crippen LogP contribution in [0.15, 0.2) is 60.9 Å². The monoisotopic (exact) mass is 394 g/mol. The summed E-state index contributed by atoms with van der Waals surface area (Å²) >= 11 is 6.24. The van der Waals surface area contributed by atoms with Gasteiger partial charge in [-0.25, -0.2) is 4.68 Å². The van der Waals surface area contributed by atoms with Crippen LogP contribution in [0.3, 0.4) is 0 Å². The molecule has 6 heteroatoms. The van der Waals surface area contributed by atoms with E-state index in [1.54, 1.807) is 17.1 Å². The Bertz CT molecular complexity index is 967. The minimum atomic E-state index is 0.0176. The van der Waals surface area contributed by atoms with Gasteiger partial charge in [-0.1, -0.05) is 41.4 Å². The summed E-state index contributed by atoms with van der Waals surface area (Å²) < 4.78 is 1.66. The molecule has 3 aromatic rings. The second-order valence-corrected chi connectivity index (χ2v) is 7.50. The number of nitrogens with zero attached hydrogens (tertiary/aromatic N) is 4. The Kier molecular flexibility index (Phi) is 5.35. The second-order valence-electron chi connectivity index (χ2n) is 7.09. The molecule has 0 bridgehead atoms. The predicted octanol–water partition coefficient (Wildman–Crippen LogP) is 4.19. The lowest BCUT2D eigenvalue weighted by Crippen LogP contribution is -2.35. The van der Waals surface area contributed by atoms with Crippen molar-refractivity contribution in [2.45, 2.75) is 13.3 Å². The molecule has 1 fully saturated rings. The molecule has 0 radical (unpaired) electrons. The normalized spacial score (nSPS) is 14.8. The first kappa shape index (κ1) is 18.6. The Hall–Kier alpha value is -2.79. The van der Waals surface area contributed by atoms with E-state index in [0.717, 1.165) is 31.7 Å². The molecule has 1 saturated heterocycles. The molecule has 1 aliphatic rings. The lowest BCUT2D eigenvalue weighted by Gasteiger charge is -2.23. The fourth-order valence-corrected chi connectivity index (χ4v) is 3.74. The van der Waals surface area contributed by atoms with Crippen molar-refractivity contribution >= 4 is 23.2 Å².